The monoisotopic (exact) mass is 240 g/mol. The Morgan fingerprint density at radius 2 is 1.94 bits per heavy atom. The van der Waals surface area contributed by atoms with Gasteiger partial charge >= 0.3 is 5.97 Å². The molecule has 3 nitrogen and oxygen atoms in total. The average molecular weight is 240 g/mol. The van der Waals surface area contributed by atoms with E-state index in [9.17, 15) is 4.79 Å². The molecule has 0 aromatic rings. The van der Waals surface area contributed by atoms with Crippen molar-refractivity contribution in [2.75, 3.05) is 13.7 Å². The number of hydrogen-bond donors (Lipinski definition) is 0. The third kappa shape index (κ3) is 7.16. The Labute approximate surface area is 104 Å². The molecule has 3 heteroatoms. The Morgan fingerprint density at radius 3 is 2.59 bits per heavy atom. The molecule has 98 valence electrons. The SMILES string of the molecule is COC(=O)CCCCCCCCC1C=CCO1. The Bertz CT molecular complexity index is 236. The van der Waals surface area contributed by atoms with E-state index in [0.717, 1.165) is 25.9 Å². The number of ether oxygens (including phenoxy) is 2. The summed E-state index contributed by atoms with van der Waals surface area (Å²) in [5.74, 6) is -0.0878. The first kappa shape index (κ1) is 14.2. The molecule has 0 radical (unpaired) electrons. The minimum Gasteiger partial charge on any atom is -0.469 e. The first-order valence-electron chi connectivity index (χ1n) is 6.68. The zero-order valence-corrected chi connectivity index (χ0v) is 10.8. The quantitative estimate of drug-likeness (QED) is 0.352. The van der Waals surface area contributed by atoms with Crippen LogP contribution in [0.15, 0.2) is 12.2 Å². The second kappa shape index (κ2) is 9.23. The molecule has 1 aliphatic heterocycles. The topological polar surface area (TPSA) is 35.5 Å². The Hall–Kier alpha value is -0.830. The van der Waals surface area contributed by atoms with Gasteiger partial charge in [-0.2, -0.15) is 0 Å². The summed E-state index contributed by atoms with van der Waals surface area (Å²) in [7, 11) is 1.45. The lowest BCUT2D eigenvalue weighted by molar-refractivity contribution is -0.140. The highest BCUT2D eigenvalue weighted by Crippen LogP contribution is 2.14. The molecule has 0 aliphatic carbocycles. The Balaban J connectivity index is 1.78. The molecule has 0 amide bonds. The van der Waals surface area contributed by atoms with Gasteiger partial charge in [0.2, 0.25) is 0 Å². The van der Waals surface area contributed by atoms with Crippen LogP contribution in [-0.4, -0.2) is 25.8 Å². The molecule has 0 aromatic carbocycles. The molecule has 0 spiro atoms. The third-order valence-corrected chi connectivity index (χ3v) is 3.10. The molecule has 0 fully saturated rings. The van der Waals surface area contributed by atoms with Gasteiger partial charge < -0.3 is 9.47 Å². The summed E-state index contributed by atoms with van der Waals surface area (Å²) >= 11 is 0. The summed E-state index contributed by atoms with van der Waals surface area (Å²) in [6.07, 6.45) is 13.4. The number of carbonyl (C=O) groups excluding carboxylic acids is 1. The Morgan fingerprint density at radius 1 is 1.24 bits per heavy atom. The van der Waals surface area contributed by atoms with Gasteiger partial charge in [0, 0.05) is 6.42 Å². The van der Waals surface area contributed by atoms with E-state index in [2.05, 4.69) is 16.9 Å². The van der Waals surface area contributed by atoms with Crippen molar-refractivity contribution in [3.63, 3.8) is 0 Å². The molecule has 17 heavy (non-hydrogen) atoms. The van der Waals surface area contributed by atoms with Crippen LogP contribution in [-0.2, 0) is 14.3 Å². The maximum Gasteiger partial charge on any atom is 0.305 e. The minimum absolute atomic E-state index is 0.0878. The highest BCUT2D eigenvalue weighted by atomic mass is 16.5. The fraction of sp³-hybridized carbons (Fsp3) is 0.786. The standard InChI is InChI=1S/C14H24O3/c1-16-14(15)11-7-5-3-2-4-6-9-13-10-8-12-17-13/h8,10,13H,2-7,9,11-12H2,1H3. The van der Waals surface area contributed by atoms with E-state index in [-0.39, 0.29) is 5.97 Å². The van der Waals surface area contributed by atoms with Crippen molar-refractivity contribution in [2.45, 2.75) is 57.5 Å². The fourth-order valence-corrected chi connectivity index (χ4v) is 2.05. The second-order valence-corrected chi connectivity index (χ2v) is 4.54. The zero-order valence-electron chi connectivity index (χ0n) is 10.8. The first-order valence-corrected chi connectivity index (χ1v) is 6.68. The molecule has 0 saturated heterocycles. The first-order chi connectivity index (χ1) is 8.33. The van der Waals surface area contributed by atoms with Crippen molar-refractivity contribution in [2.24, 2.45) is 0 Å². The second-order valence-electron chi connectivity index (χ2n) is 4.54. The summed E-state index contributed by atoms with van der Waals surface area (Å²) in [5.41, 5.74) is 0. The maximum absolute atomic E-state index is 10.9. The van der Waals surface area contributed by atoms with Crippen LogP contribution in [0.25, 0.3) is 0 Å². The van der Waals surface area contributed by atoms with Gasteiger partial charge in [-0.1, -0.05) is 44.3 Å². The van der Waals surface area contributed by atoms with Gasteiger partial charge in [-0.3, -0.25) is 4.79 Å². The van der Waals surface area contributed by atoms with Crippen LogP contribution in [0.4, 0.5) is 0 Å². The molecule has 0 aromatic heterocycles. The van der Waals surface area contributed by atoms with Gasteiger partial charge in [-0.05, 0) is 12.8 Å². The van der Waals surface area contributed by atoms with Crippen LogP contribution < -0.4 is 0 Å². The van der Waals surface area contributed by atoms with Crippen molar-refractivity contribution in [3.8, 4) is 0 Å². The van der Waals surface area contributed by atoms with Crippen molar-refractivity contribution in [1.29, 1.82) is 0 Å². The van der Waals surface area contributed by atoms with Crippen molar-refractivity contribution in [1.82, 2.24) is 0 Å². The van der Waals surface area contributed by atoms with Crippen molar-refractivity contribution < 1.29 is 14.3 Å². The summed E-state index contributed by atoms with van der Waals surface area (Å²) in [6, 6.07) is 0. The van der Waals surface area contributed by atoms with Crippen LogP contribution in [0.5, 0.6) is 0 Å². The van der Waals surface area contributed by atoms with Gasteiger partial charge in [0.05, 0.1) is 19.8 Å². The highest BCUT2D eigenvalue weighted by Gasteiger charge is 2.07. The van der Waals surface area contributed by atoms with Gasteiger partial charge in [-0.25, -0.2) is 0 Å². The van der Waals surface area contributed by atoms with Crippen molar-refractivity contribution >= 4 is 5.97 Å². The lowest BCUT2D eigenvalue weighted by atomic mass is 10.1. The maximum atomic E-state index is 10.9. The fourth-order valence-electron chi connectivity index (χ4n) is 2.05. The number of esters is 1. The summed E-state index contributed by atoms with van der Waals surface area (Å²) in [5, 5.41) is 0. The molecule has 0 bridgehead atoms. The molecule has 1 atom stereocenters. The molecular weight excluding hydrogens is 216 g/mol. The van der Waals surface area contributed by atoms with Gasteiger partial charge in [-0.15, -0.1) is 0 Å². The van der Waals surface area contributed by atoms with E-state index in [1.165, 1.54) is 32.8 Å². The van der Waals surface area contributed by atoms with Gasteiger partial charge in [0.1, 0.15) is 0 Å². The van der Waals surface area contributed by atoms with E-state index in [1.807, 2.05) is 0 Å². The van der Waals surface area contributed by atoms with Crippen molar-refractivity contribution in [3.05, 3.63) is 12.2 Å². The molecule has 0 saturated carbocycles. The molecule has 1 heterocycles. The summed E-state index contributed by atoms with van der Waals surface area (Å²) in [6.45, 7) is 0.790. The van der Waals surface area contributed by atoms with Crippen LogP contribution >= 0.6 is 0 Å². The molecule has 1 rings (SSSR count). The van der Waals surface area contributed by atoms with Gasteiger partial charge in [0.25, 0.3) is 0 Å². The van der Waals surface area contributed by atoms with E-state index in [0.29, 0.717) is 12.5 Å². The van der Waals surface area contributed by atoms with Gasteiger partial charge in [0.15, 0.2) is 0 Å². The number of hydrogen-bond acceptors (Lipinski definition) is 3. The van der Waals surface area contributed by atoms with Crippen LogP contribution in [0.2, 0.25) is 0 Å². The highest BCUT2D eigenvalue weighted by molar-refractivity contribution is 5.68. The van der Waals surface area contributed by atoms with E-state index >= 15 is 0 Å². The average Bonchev–Trinajstić information content (AvgIpc) is 2.85. The van der Waals surface area contributed by atoms with Crippen LogP contribution in [0.1, 0.15) is 51.4 Å². The largest absolute Gasteiger partial charge is 0.469 e. The lowest BCUT2D eigenvalue weighted by Gasteiger charge is -2.07. The molecular formula is C14H24O3. The molecule has 1 unspecified atom stereocenters. The van der Waals surface area contributed by atoms with Crippen LogP contribution in [0, 0.1) is 0 Å². The third-order valence-electron chi connectivity index (χ3n) is 3.10. The number of unbranched alkanes of at least 4 members (excludes halogenated alkanes) is 5. The number of methoxy groups -OCH3 is 1. The smallest absolute Gasteiger partial charge is 0.305 e. The van der Waals surface area contributed by atoms with E-state index in [4.69, 9.17) is 4.74 Å². The normalized spacial score (nSPS) is 18.5. The zero-order chi connectivity index (χ0) is 12.3. The Kier molecular flexibility index (Phi) is 7.72. The lowest BCUT2D eigenvalue weighted by Crippen LogP contribution is -2.03. The predicted octanol–water partition coefficient (Wildman–Crippen LogP) is 3.24. The van der Waals surface area contributed by atoms with E-state index in [1.54, 1.807) is 0 Å². The molecule has 0 N–H and O–H groups in total. The molecule has 1 aliphatic rings. The predicted molar refractivity (Wildman–Crippen MR) is 67.8 cm³/mol. The summed E-state index contributed by atoms with van der Waals surface area (Å²) < 4.78 is 10.1. The minimum atomic E-state index is -0.0878. The number of rotatable bonds is 9. The number of carbonyl (C=O) groups is 1. The van der Waals surface area contributed by atoms with Crippen LogP contribution in [0.3, 0.4) is 0 Å². The summed E-state index contributed by atoms with van der Waals surface area (Å²) in [4.78, 5) is 10.9. The van der Waals surface area contributed by atoms with E-state index < -0.39 is 0 Å².